The van der Waals surface area contributed by atoms with Crippen LogP contribution in [0.5, 0.6) is 0 Å². The van der Waals surface area contributed by atoms with Crippen molar-refractivity contribution in [1.29, 1.82) is 0 Å². The highest BCUT2D eigenvalue weighted by Gasteiger charge is 2.08. The van der Waals surface area contributed by atoms with E-state index >= 15 is 0 Å². The summed E-state index contributed by atoms with van der Waals surface area (Å²) in [4.78, 5) is 7.74. The van der Waals surface area contributed by atoms with Crippen LogP contribution in [0.3, 0.4) is 0 Å². The molecule has 64 valence electrons. The van der Waals surface area contributed by atoms with Gasteiger partial charge in [0.25, 0.3) is 5.17 Å². The Kier molecular flexibility index (Phi) is 2.89. The van der Waals surface area contributed by atoms with Gasteiger partial charge in [-0.25, -0.2) is 20.8 Å². The molecule has 0 saturated carbocycles. The minimum atomic E-state index is 0.126. The lowest BCUT2D eigenvalue weighted by Crippen LogP contribution is -2.38. The fourth-order valence-electron chi connectivity index (χ4n) is 0.596. The van der Waals surface area contributed by atoms with Gasteiger partial charge in [-0.05, 0) is 18.3 Å². The maximum absolute atomic E-state index is 5.49. The number of nitrogens with zero attached hydrogens (tertiary/aromatic N) is 3. The molecule has 0 fully saturated rings. The summed E-state index contributed by atoms with van der Waals surface area (Å²) in [6, 6.07) is 1.69. The van der Waals surface area contributed by atoms with Crippen molar-refractivity contribution in [1.82, 2.24) is 9.97 Å². The Balaban J connectivity index is 2.78. The standard InChI is InChI=1S/C6H8N4OS/c1-11-6(12)10(7)5-8-3-2-4-9-5/h2-4H,7H2,1H3. The molecule has 2 N–H and O–H groups in total. The lowest BCUT2D eigenvalue weighted by Gasteiger charge is -2.14. The van der Waals surface area contributed by atoms with E-state index in [-0.39, 0.29) is 5.17 Å². The molecule has 0 spiro atoms. The van der Waals surface area contributed by atoms with E-state index in [1.165, 1.54) is 7.11 Å². The third kappa shape index (κ3) is 1.86. The maximum Gasteiger partial charge on any atom is 0.281 e. The molecular weight excluding hydrogens is 176 g/mol. The van der Waals surface area contributed by atoms with Crippen LogP contribution in [0, 0.1) is 0 Å². The second-order valence-corrected chi connectivity index (χ2v) is 2.24. The predicted molar refractivity (Wildman–Crippen MR) is 48.3 cm³/mol. The number of hydrogen-bond acceptors (Lipinski definition) is 5. The number of nitrogens with two attached hydrogens (primary N) is 1. The van der Waals surface area contributed by atoms with Gasteiger partial charge in [-0.1, -0.05) is 0 Å². The Morgan fingerprint density at radius 2 is 2.17 bits per heavy atom. The summed E-state index contributed by atoms with van der Waals surface area (Å²) in [6.45, 7) is 0. The van der Waals surface area contributed by atoms with E-state index in [2.05, 4.69) is 9.97 Å². The number of aromatic nitrogens is 2. The van der Waals surface area contributed by atoms with Gasteiger partial charge in [-0.3, -0.25) is 0 Å². The molecule has 0 unspecified atom stereocenters. The summed E-state index contributed by atoms with van der Waals surface area (Å²) in [5.41, 5.74) is 0. The van der Waals surface area contributed by atoms with E-state index < -0.39 is 0 Å². The molecule has 0 aliphatic carbocycles. The van der Waals surface area contributed by atoms with Crippen LogP contribution in [0.4, 0.5) is 5.95 Å². The quantitative estimate of drug-likeness (QED) is 0.379. The van der Waals surface area contributed by atoms with Crippen molar-refractivity contribution in [3.8, 4) is 0 Å². The lowest BCUT2D eigenvalue weighted by molar-refractivity contribution is 0.402. The lowest BCUT2D eigenvalue weighted by atomic mass is 10.7. The largest absolute Gasteiger partial charge is 0.473 e. The van der Waals surface area contributed by atoms with E-state index in [0.717, 1.165) is 5.01 Å². The zero-order valence-corrected chi connectivity index (χ0v) is 7.28. The van der Waals surface area contributed by atoms with Crippen molar-refractivity contribution in [2.75, 3.05) is 12.1 Å². The van der Waals surface area contributed by atoms with Crippen molar-refractivity contribution in [2.24, 2.45) is 5.84 Å². The average molecular weight is 184 g/mol. The van der Waals surface area contributed by atoms with Gasteiger partial charge in [0.1, 0.15) is 0 Å². The average Bonchev–Trinajstić information content (AvgIpc) is 2.17. The predicted octanol–water partition coefficient (Wildman–Crippen LogP) is 0.0880. The third-order valence-corrected chi connectivity index (χ3v) is 1.50. The fraction of sp³-hybridized carbons (Fsp3) is 0.167. The molecule has 0 aliphatic heterocycles. The molecule has 0 saturated heterocycles. The van der Waals surface area contributed by atoms with Gasteiger partial charge < -0.3 is 4.74 Å². The van der Waals surface area contributed by atoms with E-state index in [4.69, 9.17) is 22.8 Å². The van der Waals surface area contributed by atoms with Crippen LogP contribution in [0.15, 0.2) is 18.5 Å². The van der Waals surface area contributed by atoms with E-state index in [9.17, 15) is 0 Å². The number of anilines is 1. The molecule has 5 nitrogen and oxygen atoms in total. The summed E-state index contributed by atoms with van der Waals surface area (Å²) >= 11 is 4.76. The summed E-state index contributed by atoms with van der Waals surface area (Å²) in [5, 5.41) is 1.22. The highest BCUT2D eigenvalue weighted by Crippen LogP contribution is 2.00. The zero-order valence-electron chi connectivity index (χ0n) is 6.47. The second-order valence-electron chi connectivity index (χ2n) is 1.89. The molecule has 0 radical (unpaired) electrons. The molecule has 0 amide bonds. The van der Waals surface area contributed by atoms with Crippen LogP contribution in [-0.2, 0) is 4.74 Å². The number of ether oxygens (including phenoxy) is 1. The highest BCUT2D eigenvalue weighted by molar-refractivity contribution is 7.80. The van der Waals surface area contributed by atoms with Gasteiger partial charge in [-0.15, -0.1) is 0 Å². The van der Waals surface area contributed by atoms with Gasteiger partial charge in [0.05, 0.1) is 7.11 Å². The van der Waals surface area contributed by atoms with Crippen molar-refractivity contribution in [3.63, 3.8) is 0 Å². The third-order valence-electron chi connectivity index (χ3n) is 1.14. The molecule has 12 heavy (non-hydrogen) atoms. The molecule has 6 heteroatoms. The van der Waals surface area contributed by atoms with Crippen molar-refractivity contribution in [3.05, 3.63) is 18.5 Å². The molecule has 1 heterocycles. The van der Waals surface area contributed by atoms with E-state index in [1.54, 1.807) is 18.5 Å². The van der Waals surface area contributed by atoms with Crippen molar-refractivity contribution in [2.45, 2.75) is 0 Å². The van der Waals surface area contributed by atoms with Crippen LogP contribution in [0.2, 0.25) is 0 Å². The molecule has 0 aliphatic rings. The number of thiocarbonyl (C=S) groups is 1. The van der Waals surface area contributed by atoms with Gasteiger partial charge >= 0.3 is 0 Å². The Bertz CT molecular complexity index is 266. The Morgan fingerprint density at radius 1 is 1.58 bits per heavy atom. The molecule has 0 atom stereocenters. The SMILES string of the molecule is COC(=S)N(N)c1ncccn1. The summed E-state index contributed by atoms with van der Waals surface area (Å²) < 4.78 is 4.72. The monoisotopic (exact) mass is 184 g/mol. The van der Waals surface area contributed by atoms with Crippen molar-refractivity contribution >= 4 is 23.3 Å². The molecule has 1 aromatic heterocycles. The molecule has 0 bridgehead atoms. The topological polar surface area (TPSA) is 64.3 Å². The number of hydrogen-bond donors (Lipinski definition) is 1. The van der Waals surface area contributed by atoms with E-state index in [1.807, 2.05) is 0 Å². The minimum absolute atomic E-state index is 0.126. The number of methoxy groups -OCH3 is 1. The summed E-state index contributed by atoms with van der Waals surface area (Å²) in [5.74, 6) is 5.80. The highest BCUT2D eigenvalue weighted by atomic mass is 32.1. The first-order chi connectivity index (χ1) is 5.75. The van der Waals surface area contributed by atoms with Crippen LogP contribution in [0.25, 0.3) is 0 Å². The fourth-order valence-corrected chi connectivity index (χ4v) is 0.677. The summed E-state index contributed by atoms with van der Waals surface area (Å²) in [6.07, 6.45) is 3.14. The van der Waals surface area contributed by atoms with Gasteiger partial charge in [0.2, 0.25) is 5.95 Å². The van der Waals surface area contributed by atoms with Crippen LogP contribution < -0.4 is 10.9 Å². The van der Waals surface area contributed by atoms with Crippen LogP contribution in [0.1, 0.15) is 0 Å². The van der Waals surface area contributed by atoms with Gasteiger partial charge in [0.15, 0.2) is 0 Å². The second kappa shape index (κ2) is 3.93. The van der Waals surface area contributed by atoms with Crippen molar-refractivity contribution < 1.29 is 4.74 Å². The number of hydrazine groups is 1. The summed E-state index contributed by atoms with van der Waals surface area (Å²) in [7, 11) is 1.44. The molecule has 1 aromatic rings. The molecule has 1 rings (SSSR count). The zero-order chi connectivity index (χ0) is 8.97. The van der Waals surface area contributed by atoms with Crippen LogP contribution in [-0.4, -0.2) is 22.3 Å². The normalized spacial score (nSPS) is 9.17. The smallest absolute Gasteiger partial charge is 0.281 e. The minimum Gasteiger partial charge on any atom is -0.473 e. The van der Waals surface area contributed by atoms with Crippen LogP contribution >= 0.6 is 12.2 Å². The van der Waals surface area contributed by atoms with Gasteiger partial charge in [-0.2, -0.15) is 0 Å². The first kappa shape index (κ1) is 8.82. The maximum atomic E-state index is 5.49. The first-order valence-electron chi connectivity index (χ1n) is 3.15. The number of rotatable bonds is 1. The Labute approximate surface area is 75.1 Å². The van der Waals surface area contributed by atoms with E-state index in [0.29, 0.717) is 5.95 Å². The Hall–Kier alpha value is -1.27. The van der Waals surface area contributed by atoms with Gasteiger partial charge in [0, 0.05) is 12.4 Å². The Morgan fingerprint density at radius 3 is 2.67 bits per heavy atom. The molecule has 0 aromatic carbocycles. The first-order valence-corrected chi connectivity index (χ1v) is 3.56. The molecular formula is C6H8N4OS.